The highest BCUT2D eigenvalue weighted by molar-refractivity contribution is 5.95. The van der Waals surface area contributed by atoms with Crippen LogP contribution >= 0.6 is 0 Å². The summed E-state index contributed by atoms with van der Waals surface area (Å²) in [6.07, 6.45) is 3.54. The molecule has 0 saturated carbocycles. The van der Waals surface area contributed by atoms with Gasteiger partial charge in [-0.25, -0.2) is 0 Å². The Kier molecular flexibility index (Phi) is 3.20. The fourth-order valence-corrected chi connectivity index (χ4v) is 3.04. The topological polar surface area (TPSA) is 46.5 Å². The monoisotopic (exact) mass is 282 g/mol. The van der Waals surface area contributed by atoms with Gasteiger partial charge in [-0.15, -0.1) is 0 Å². The van der Waals surface area contributed by atoms with E-state index in [1.807, 2.05) is 37.3 Å². The molecule has 0 saturated heterocycles. The summed E-state index contributed by atoms with van der Waals surface area (Å²) in [5.74, 6) is 0.0757. The minimum absolute atomic E-state index is 0.665. The number of hydrogen-bond donors (Lipinski definition) is 1. The Morgan fingerprint density at radius 2 is 1.90 bits per heavy atom. The lowest BCUT2D eigenvalue weighted by Gasteiger charge is -2.23. The number of methoxy groups -OCH3 is 1. The van der Waals surface area contributed by atoms with Gasteiger partial charge < -0.3 is 9.84 Å². The normalized spacial score (nSPS) is 21.3. The van der Waals surface area contributed by atoms with Crippen LogP contribution < -0.4 is 4.74 Å². The van der Waals surface area contributed by atoms with E-state index in [0.717, 1.165) is 34.1 Å². The molecule has 0 bridgehead atoms. The summed E-state index contributed by atoms with van der Waals surface area (Å²) in [7, 11) is 1.65. The van der Waals surface area contributed by atoms with E-state index in [-0.39, 0.29) is 0 Å². The fraction of sp³-hybridized carbons (Fsp3) is 0.278. The van der Waals surface area contributed by atoms with Crippen LogP contribution in [0.15, 0.2) is 42.5 Å². The van der Waals surface area contributed by atoms with Gasteiger partial charge in [0.15, 0.2) is 0 Å². The molecule has 2 aromatic carbocycles. The first-order valence-electron chi connectivity index (χ1n) is 7.07. The molecule has 0 fully saturated rings. The highest BCUT2D eigenvalue weighted by atomic mass is 16.5. The van der Waals surface area contributed by atoms with Crippen molar-refractivity contribution in [3.8, 4) is 5.75 Å². The van der Waals surface area contributed by atoms with Crippen molar-refractivity contribution in [3.05, 3.63) is 48.0 Å². The van der Waals surface area contributed by atoms with Crippen LogP contribution in [0.3, 0.4) is 0 Å². The standard InChI is InChI=1S/C18H18O3/c1-18(17(19)20)9-3-4-16(18)14-6-5-13-11-15(21-2)8-7-12(13)10-14/h4-8,10-11H,3,9H2,1-2H3,(H,19,20). The van der Waals surface area contributed by atoms with E-state index in [1.165, 1.54) is 0 Å². The second kappa shape index (κ2) is 4.92. The Morgan fingerprint density at radius 3 is 2.62 bits per heavy atom. The highest BCUT2D eigenvalue weighted by Crippen LogP contribution is 2.45. The minimum Gasteiger partial charge on any atom is -0.497 e. The Bertz CT molecular complexity index is 745. The lowest BCUT2D eigenvalue weighted by molar-refractivity contribution is -0.144. The van der Waals surface area contributed by atoms with Gasteiger partial charge in [0.1, 0.15) is 5.75 Å². The van der Waals surface area contributed by atoms with E-state index >= 15 is 0 Å². The van der Waals surface area contributed by atoms with Crippen LogP contribution in [-0.2, 0) is 4.79 Å². The lowest BCUT2D eigenvalue weighted by Crippen LogP contribution is -2.26. The molecule has 0 heterocycles. The molecule has 0 amide bonds. The first-order valence-corrected chi connectivity index (χ1v) is 7.07. The van der Waals surface area contributed by atoms with Gasteiger partial charge >= 0.3 is 5.97 Å². The summed E-state index contributed by atoms with van der Waals surface area (Å²) in [6, 6.07) is 12.0. The van der Waals surface area contributed by atoms with Crippen LogP contribution in [0.25, 0.3) is 16.3 Å². The zero-order valence-electron chi connectivity index (χ0n) is 12.2. The van der Waals surface area contributed by atoms with Gasteiger partial charge in [0.2, 0.25) is 0 Å². The molecule has 0 spiro atoms. The third-order valence-electron chi connectivity index (χ3n) is 4.42. The number of aliphatic carboxylic acids is 1. The molecule has 1 N–H and O–H groups in total. The van der Waals surface area contributed by atoms with Crippen LogP contribution in [0.4, 0.5) is 0 Å². The van der Waals surface area contributed by atoms with Gasteiger partial charge in [0, 0.05) is 0 Å². The summed E-state index contributed by atoms with van der Waals surface area (Å²) in [5, 5.41) is 11.7. The molecule has 2 aromatic rings. The molecule has 0 radical (unpaired) electrons. The van der Waals surface area contributed by atoms with Crippen LogP contribution in [0.2, 0.25) is 0 Å². The highest BCUT2D eigenvalue weighted by Gasteiger charge is 2.40. The van der Waals surface area contributed by atoms with Gasteiger partial charge in [-0.05, 0) is 59.9 Å². The van der Waals surface area contributed by atoms with Gasteiger partial charge in [0.05, 0.1) is 12.5 Å². The molecule has 3 heteroatoms. The second-order valence-corrected chi connectivity index (χ2v) is 5.72. The minimum atomic E-state index is -0.778. The fourth-order valence-electron chi connectivity index (χ4n) is 3.04. The number of benzene rings is 2. The molecule has 21 heavy (non-hydrogen) atoms. The predicted molar refractivity (Wildman–Crippen MR) is 83.5 cm³/mol. The molecule has 3 nitrogen and oxygen atoms in total. The summed E-state index contributed by atoms with van der Waals surface area (Å²) in [4.78, 5) is 11.6. The Hall–Kier alpha value is -2.29. The summed E-state index contributed by atoms with van der Waals surface area (Å²) in [6.45, 7) is 1.81. The molecule has 1 atom stereocenters. The van der Waals surface area contributed by atoms with Crippen molar-refractivity contribution >= 4 is 22.3 Å². The van der Waals surface area contributed by atoms with Crippen molar-refractivity contribution in [2.75, 3.05) is 7.11 Å². The molecule has 3 rings (SSSR count). The SMILES string of the molecule is COc1ccc2cc(C3=CCCC3(C)C(=O)O)ccc2c1. The number of carboxylic acid groups (broad SMARTS) is 1. The average molecular weight is 282 g/mol. The van der Waals surface area contributed by atoms with Crippen LogP contribution in [0, 0.1) is 5.41 Å². The van der Waals surface area contributed by atoms with Gasteiger partial charge in [-0.1, -0.05) is 24.3 Å². The van der Waals surface area contributed by atoms with Crippen LogP contribution in [0.1, 0.15) is 25.3 Å². The number of fused-ring (bicyclic) bond motifs is 1. The van der Waals surface area contributed by atoms with Crippen molar-refractivity contribution in [2.24, 2.45) is 5.41 Å². The first kappa shape index (κ1) is 13.7. The molecule has 1 aliphatic carbocycles. The molecular weight excluding hydrogens is 264 g/mol. The number of hydrogen-bond acceptors (Lipinski definition) is 2. The zero-order chi connectivity index (χ0) is 15.0. The quantitative estimate of drug-likeness (QED) is 0.921. The third-order valence-corrected chi connectivity index (χ3v) is 4.42. The number of rotatable bonds is 3. The number of allylic oxidation sites excluding steroid dienone is 1. The summed E-state index contributed by atoms with van der Waals surface area (Å²) < 4.78 is 5.23. The molecule has 1 aliphatic rings. The van der Waals surface area contributed by atoms with Gasteiger partial charge in [0.25, 0.3) is 0 Å². The maximum Gasteiger partial charge on any atom is 0.313 e. The lowest BCUT2D eigenvalue weighted by atomic mass is 9.80. The van der Waals surface area contributed by atoms with Gasteiger partial charge in [-0.2, -0.15) is 0 Å². The van der Waals surface area contributed by atoms with E-state index in [4.69, 9.17) is 4.74 Å². The Morgan fingerprint density at radius 1 is 1.19 bits per heavy atom. The Balaban J connectivity index is 2.08. The van der Waals surface area contributed by atoms with Crippen molar-refractivity contribution in [1.29, 1.82) is 0 Å². The van der Waals surface area contributed by atoms with Crippen molar-refractivity contribution in [3.63, 3.8) is 0 Å². The number of ether oxygens (including phenoxy) is 1. The summed E-state index contributed by atoms with van der Waals surface area (Å²) >= 11 is 0. The molecule has 0 aliphatic heterocycles. The van der Waals surface area contributed by atoms with E-state index in [9.17, 15) is 9.90 Å². The average Bonchev–Trinajstić information content (AvgIpc) is 2.89. The number of carbonyl (C=O) groups is 1. The first-order chi connectivity index (χ1) is 10.0. The molecular formula is C18H18O3. The molecule has 1 unspecified atom stereocenters. The van der Waals surface area contributed by atoms with Crippen LogP contribution in [0.5, 0.6) is 5.75 Å². The zero-order valence-corrected chi connectivity index (χ0v) is 12.2. The van der Waals surface area contributed by atoms with E-state index in [2.05, 4.69) is 12.1 Å². The van der Waals surface area contributed by atoms with E-state index in [0.29, 0.717) is 6.42 Å². The van der Waals surface area contributed by atoms with Crippen LogP contribution in [-0.4, -0.2) is 18.2 Å². The van der Waals surface area contributed by atoms with Crippen molar-refractivity contribution < 1.29 is 14.6 Å². The van der Waals surface area contributed by atoms with Crippen molar-refractivity contribution in [2.45, 2.75) is 19.8 Å². The third kappa shape index (κ3) is 2.19. The largest absolute Gasteiger partial charge is 0.497 e. The number of carboxylic acids is 1. The maximum atomic E-state index is 11.6. The van der Waals surface area contributed by atoms with Crippen molar-refractivity contribution in [1.82, 2.24) is 0 Å². The van der Waals surface area contributed by atoms with E-state index < -0.39 is 11.4 Å². The smallest absolute Gasteiger partial charge is 0.313 e. The Labute approximate surface area is 123 Å². The molecule has 0 aromatic heterocycles. The summed E-state index contributed by atoms with van der Waals surface area (Å²) in [5.41, 5.74) is 1.14. The van der Waals surface area contributed by atoms with Gasteiger partial charge in [-0.3, -0.25) is 4.79 Å². The second-order valence-electron chi connectivity index (χ2n) is 5.72. The van der Waals surface area contributed by atoms with E-state index in [1.54, 1.807) is 7.11 Å². The predicted octanol–water partition coefficient (Wildman–Crippen LogP) is 4.12. The molecule has 108 valence electrons. The maximum absolute atomic E-state index is 11.6.